The van der Waals surface area contributed by atoms with Gasteiger partial charge in [-0.1, -0.05) is 32.6 Å². The van der Waals surface area contributed by atoms with Crippen molar-refractivity contribution in [3.8, 4) is 0 Å². The zero-order valence-corrected chi connectivity index (χ0v) is 18.8. The molecule has 5 nitrogen and oxygen atoms in total. The predicted molar refractivity (Wildman–Crippen MR) is 120 cm³/mol. The molecule has 0 aliphatic heterocycles. The van der Waals surface area contributed by atoms with Gasteiger partial charge in [-0.15, -0.1) is 0 Å². The monoisotopic (exact) mass is 407 g/mol. The normalized spacial score (nSPS) is 14.3. The molecule has 5 heteroatoms. The van der Waals surface area contributed by atoms with E-state index in [0.29, 0.717) is 5.56 Å². The van der Waals surface area contributed by atoms with Crippen LogP contribution >= 0.6 is 0 Å². The number of rotatable bonds is 15. The van der Waals surface area contributed by atoms with E-state index in [1.807, 2.05) is 38.1 Å². The Balaban J connectivity index is 2.16. The van der Waals surface area contributed by atoms with E-state index in [4.69, 9.17) is 4.74 Å². The van der Waals surface area contributed by atoms with Gasteiger partial charge in [0.2, 0.25) is 0 Å². The van der Waals surface area contributed by atoms with Gasteiger partial charge in [-0.3, -0.25) is 0 Å². The first kappa shape index (κ1) is 25.4. The Morgan fingerprint density at radius 3 is 1.93 bits per heavy atom. The minimum atomic E-state index is -0.315. The number of hydrogen-bond donors (Lipinski definition) is 2. The molecule has 0 spiro atoms. The van der Waals surface area contributed by atoms with Crippen LogP contribution in [0.4, 0.5) is 5.69 Å². The number of benzene rings is 1. The van der Waals surface area contributed by atoms with Gasteiger partial charge >= 0.3 is 5.97 Å². The zero-order chi connectivity index (χ0) is 21.6. The quantitative estimate of drug-likeness (QED) is 0.318. The highest BCUT2D eigenvalue weighted by Gasteiger charge is 2.13. The predicted octanol–water partition coefficient (Wildman–Crippen LogP) is 4.94. The lowest BCUT2D eigenvalue weighted by Crippen LogP contribution is -2.16. The molecule has 1 aromatic carbocycles. The number of aliphatic hydroxyl groups is 2. The fourth-order valence-electron chi connectivity index (χ4n) is 3.33. The molecule has 166 valence electrons. The van der Waals surface area contributed by atoms with E-state index in [9.17, 15) is 15.0 Å². The smallest absolute Gasteiger partial charge is 0.338 e. The van der Waals surface area contributed by atoms with Gasteiger partial charge in [0.15, 0.2) is 0 Å². The molecule has 0 fully saturated rings. The van der Waals surface area contributed by atoms with Crippen LogP contribution in [0.3, 0.4) is 0 Å². The van der Waals surface area contributed by atoms with Gasteiger partial charge in [-0.2, -0.15) is 0 Å². The largest absolute Gasteiger partial charge is 0.459 e. The van der Waals surface area contributed by atoms with E-state index in [2.05, 4.69) is 6.92 Å². The van der Waals surface area contributed by atoms with Gasteiger partial charge in [0.25, 0.3) is 0 Å². The number of carbonyl (C=O) groups excluding carboxylic acids is 1. The molecular weight excluding hydrogens is 366 g/mol. The van der Waals surface area contributed by atoms with Gasteiger partial charge in [0.05, 0.1) is 23.9 Å². The molecule has 0 heterocycles. The molecule has 1 aromatic rings. The number of unbranched alkanes of at least 4 members (excludes halogenated alkanes) is 2. The zero-order valence-electron chi connectivity index (χ0n) is 18.8. The van der Waals surface area contributed by atoms with Gasteiger partial charge < -0.3 is 19.8 Å². The first-order valence-electron chi connectivity index (χ1n) is 11.2. The summed E-state index contributed by atoms with van der Waals surface area (Å²) < 4.78 is 5.51. The molecular formula is C24H41NO4. The number of nitrogens with zero attached hydrogens (tertiary/aromatic N) is 1. The highest BCUT2D eigenvalue weighted by atomic mass is 16.5. The van der Waals surface area contributed by atoms with Crippen molar-refractivity contribution >= 4 is 11.7 Å². The fourth-order valence-corrected chi connectivity index (χ4v) is 3.33. The maximum absolute atomic E-state index is 12.2. The van der Waals surface area contributed by atoms with Crippen molar-refractivity contribution in [1.82, 2.24) is 0 Å². The van der Waals surface area contributed by atoms with Crippen molar-refractivity contribution in [1.29, 1.82) is 0 Å². The Kier molecular flexibility index (Phi) is 12.6. The Morgan fingerprint density at radius 2 is 1.41 bits per heavy atom. The van der Waals surface area contributed by atoms with E-state index in [1.54, 1.807) is 12.1 Å². The lowest BCUT2D eigenvalue weighted by molar-refractivity contribution is 0.0310. The van der Waals surface area contributed by atoms with Crippen molar-refractivity contribution < 1.29 is 19.7 Å². The highest BCUT2D eigenvalue weighted by molar-refractivity contribution is 5.89. The highest BCUT2D eigenvalue weighted by Crippen LogP contribution is 2.16. The Bertz CT molecular complexity index is 559. The molecule has 3 atom stereocenters. The third-order valence-electron chi connectivity index (χ3n) is 5.29. The number of ether oxygens (including phenoxy) is 1. The van der Waals surface area contributed by atoms with E-state index >= 15 is 0 Å². The summed E-state index contributed by atoms with van der Waals surface area (Å²) in [5, 5.41) is 20.0. The molecule has 0 aliphatic carbocycles. The first-order chi connectivity index (χ1) is 13.8. The van der Waals surface area contributed by atoms with Gasteiger partial charge in [-0.05, 0) is 69.7 Å². The lowest BCUT2D eigenvalue weighted by Gasteiger charge is -2.16. The van der Waals surface area contributed by atoms with Crippen LogP contribution in [0.1, 0.15) is 88.4 Å². The van der Waals surface area contributed by atoms with Crippen LogP contribution in [-0.2, 0) is 4.74 Å². The Hall–Kier alpha value is -1.59. The van der Waals surface area contributed by atoms with Crippen LogP contribution in [-0.4, -0.2) is 48.6 Å². The minimum Gasteiger partial charge on any atom is -0.459 e. The number of aliphatic hydroxyl groups excluding tert-OH is 2. The lowest BCUT2D eigenvalue weighted by atomic mass is 10.0. The summed E-state index contributed by atoms with van der Waals surface area (Å²) in [5.74, 6) is -0.301. The van der Waals surface area contributed by atoms with Crippen LogP contribution < -0.4 is 4.90 Å². The summed E-state index contributed by atoms with van der Waals surface area (Å²) >= 11 is 0. The third kappa shape index (κ3) is 11.2. The van der Waals surface area contributed by atoms with Crippen molar-refractivity contribution in [2.24, 2.45) is 0 Å². The maximum atomic E-state index is 12.2. The molecule has 1 rings (SSSR count). The molecule has 0 aliphatic rings. The fraction of sp³-hybridized carbons (Fsp3) is 0.708. The van der Waals surface area contributed by atoms with Gasteiger partial charge in [0.1, 0.15) is 0 Å². The first-order valence-corrected chi connectivity index (χ1v) is 11.2. The van der Waals surface area contributed by atoms with Gasteiger partial charge in [0, 0.05) is 19.8 Å². The van der Waals surface area contributed by atoms with Crippen molar-refractivity contribution in [2.45, 2.75) is 96.4 Å². The Labute approximate surface area is 177 Å². The molecule has 2 N–H and O–H groups in total. The average molecular weight is 408 g/mol. The summed E-state index contributed by atoms with van der Waals surface area (Å²) in [5.41, 5.74) is 1.60. The SMILES string of the molecule is CCCC[C@H](O)CCCCC(O)CCC[C@@H](C)OC(=O)c1ccc(N(C)C)cc1. The summed E-state index contributed by atoms with van der Waals surface area (Å²) in [6, 6.07) is 7.38. The maximum Gasteiger partial charge on any atom is 0.338 e. The minimum absolute atomic E-state index is 0.170. The second-order valence-electron chi connectivity index (χ2n) is 8.32. The summed E-state index contributed by atoms with van der Waals surface area (Å²) in [7, 11) is 3.92. The van der Waals surface area contributed by atoms with Crippen LogP contribution in [0.15, 0.2) is 24.3 Å². The van der Waals surface area contributed by atoms with E-state index in [-0.39, 0.29) is 24.3 Å². The molecule has 0 bridgehead atoms. The molecule has 1 unspecified atom stereocenters. The van der Waals surface area contributed by atoms with Crippen LogP contribution in [0.25, 0.3) is 0 Å². The number of esters is 1. The molecule has 0 radical (unpaired) electrons. The number of hydrogen-bond acceptors (Lipinski definition) is 5. The average Bonchev–Trinajstić information content (AvgIpc) is 2.69. The molecule has 29 heavy (non-hydrogen) atoms. The molecule has 0 saturated heterocycles. The second kappa shape index (κ2) is 14.4. The second-order valence-corrected chi connectivity index (χ2v) is 8.32. The van der Waals surface area contributed by atoms with Crippen LogP contribution in [0.5, 0.6) is 0 Å². The number of carbonyl (C=O) groups is 1. The Morgan fingerprint density at radius 1 is 0.897 bits per heavy atom. The van der Waals surface area contributed by atoms with Crippen LogP contribution in [0.2, 0.25) is 0 Å². The summed E-state index contributed by atoms with van der Waals surface area (Å²) in [6.45, 7) is 4.03. The van der Waals surface area contributed by atoms with Crippen molar-refractivity contribution in [3.63, 3.8) is 0 Å². The van der Waals surface area contributed by atoms with Crippen LogP contribution in [0, 0.1) is 0 Å². The molecule has 0 aromatic heterocycles. The van der Waals surface area contributed by atoms with E-state index < -0.39 is 0 Å². The van der Waals surface area contributed by atoms with Gasteiger partial charge in [-0.25, -0.2) is 4.79 Å². The topological polar surface area (TPSA) is 70.0 Å². The summed E-state index contributed by atoms with van der Waals surface area (Å²) in [6.07, 6.45) is 8.20. The summed E-state index contributed by atoms with van der Waals surface area (Å²) in [4.78, 5) is 14.2. The standard InChI is InChI=1S/C24H41NO4/c1-5-6-11-22(26)12-7-8-13-23(27)14-9-10-19(2)29-24(28)20-15-17-21(18-16-20)25(3)4/h15-19,22-23,26-27H,5-14H2,1-4H3/t19-,22+,23?/m1/s1. The van der Waals surface area contributed by atoms with E-state index in [1.165, 1.54) is 0 Å². The van der Waals surface area contributed by atoms with E-state index in [0.717, 1.165) is 69.9 Å². The number of anilines is 1. The molecule has 0 amide bonds. The van der Waals surface area contributed by atoms with Crippen molar-refractivity contribution in [2.75, 3.05) is 19.0 Å². The molecule has 0 saturated carbocycles. The van der Waals surface area contributed by atoms with Crippen molar-refractivity contribution in [3.05, 3.63) is 29.8 Å². The third-order valence-corrected chi connectivity index (χ3v) is 5.29.